The number of carbonyl (C=O) groups excluding carboxylic acids is 1. The summed E-state index contributed by atoms with van der Waals surface area (Å²) in [6, 6.07) is -0.265. The van der Waals surface area contributed by atoms with Gasteiger partial charge in [-0.1, -0.05) is 0 Å². The van der Waals surface area contributed by atoms with E-state index in [0.717, 1.165) is 25.1 Å². The fraction of sp³-hybridized carbons (Fsp3) is 0.714. The van der Waals surface area contributed by atoms with E-state index in [1.807, 2.05) is 4.57 Å². The molecule has 1 aromatic rings. The number of nitrogens with zero attached hydrogens (tertiary/aromatic N) is 2. The van der Waals surface area contributed by atoms with E-state index >= 15 is 0 Å². The molecule has 6 heteroatoms. The molecule has 1 aliphatic heterocycles. The molecule has 6 nitrogen and oxygen atoms in total. The summed E-state index contributed by atoms with van der Waals surface area (Å²) in [5.41, 5.74) is 0.824. The van der Waals surface area contributed by atoms with Gasteiger partial charge in [0.15, 0.2) is 0 Å². The van der Waals surface area contributed by atoms with E-state index in [4.69, 9.17) is 9.47 Å². The second-order valence-electron chi connectivity index (χ2n) is 5.32. The van der Waals surface area contributed by atoms with Gasteiger partial charge in [-0.3, -0.25) is 5.32 Å². The van der Waals surface area contributed by atoms with Gasteiger partial charge in [0.05, 0.1) is 31.4 Å². The van der Waals surface area contributed by atoms with E-state index < -0.39 is 6.04 Å². The van der Waals surface area contributed by atoms with Crippen molar-refractivity contribution in [2.45, 2.75) is 44.9 Å². The lowest BCUT2D eigenvalue weighted by molar-refractivity contribution is -0.143. The summed E-state index contributed by atoms with van der Waals surface area (Å²) in [4.78, 5) is 16.2. The van der Waals surface area contributed by atoms with Gasteiger partial charge in [-0.25, -0.2) is 9.78 Å². The minimum atomic E-state index is -0.505. The third-order valence-corrected chi connectivity index (χ3v) is 3.56. The topological polar surface area (TPSA) is 65.4 Å². The van der Waals surface area contributed by atoms with Gasteiger partial charge in [-0.05, 0) is 26.7 Å². The van der Waals surface area contributed by atoms with Crippen molar-refractivity contribution in [2.24, 2.45) is 0 Å². The monoisotopic (exact) mass is 281 g/mol. The molecule has 0 amide bonds. The maximum absolute atomic E-state index is 12.0. The molecule has 0 saturated carbocycles. The van der Waals surface area contributed by atoms with Crippen molar-refractivity contribution in [1.29, 1.82) is 0 Å². The first-order valence-electron chi connectivity index (χ1n) is 7.08. The van der Waals surface area contributed by atoms with Crippen LogP contribution in [0.15, 0.2) is 12.5 Å². The second kappa shape index (κ2) is 6.85. The Labute approximate surface area is 119 Å². The summed E-state index contributed by atoms with van der Waals surface area (Å²) in [6.45, 7) is 5.56. The van der Waals surface area contributed by atoms with Crippen LogP contribution in [0.1, 0.15) is 44.5 Å². The highest BCUT2D eigenvalue weighted by atomic mass is 16.5. The van der Waals surface area contributed by atoms with Crippen LogP contribution >= 0.6 is 0 Å². The van der Waals surface area contributed by atoms with Crippen LogP contribution < -0.4 is 5.32 Å². The largest absolute Gasteiger partial charge is 0.468 e. The minimum Gasteiger partial charge on any atom is -0.468 e. The SMILES string of the molecule is COC(=O)C(NCC1CCCO1)c1cncn1C(C)C. The number of nitrogens with one attached hydrogen (secondary N) is 1. The molecule has 0 radical (unpaired) electrons. The molecule has 1 saturated heterocycles. The zero-order chi connectivity index (χ0) is 14.5. The minimum absolute atomic E-state index is 0.178. The van der Waals surface area contributed by atoms with Gasteiger partial charge < -0.3 is 14.0 Å². The van der Waals surface area contributed by atoms with Gasteiger partial charge >= 0.3 is 5.97 Å². The summed E-state index contributed by atoms with van der Waals surface area (Å²) in [5.74, 6) is -0.301. The first kappa shape index (κ1) is 15.0. The first-order chi connectivity index (χ1) is 9.63. The van der Waals surface area contributed by atoms with Crippen molar-refractivity contribution >= 4 is 5.97 Å². The van der Waals surface area contributed by atoms with Gasteiger partial charge in [0.25, 0.3) is 0 Å². The van der Waals surface area contributed by atoms with Gasteiger partial charge in [0.1, 0.15) is 6.04 Å². The standard InChI is InChI=1S/C14H23N3O3/c1-10(2)17-9-15-8-12(17)13(14(18)19-3)16-7-11-5-4-6-20-11/h8-11,13,16H,4-7H2,1-3H3. The predicted octanol–water partition coefficient (Wildman–Crippen LogP) is 1.45. The molecule has 1 aliphatic rings. The number of methoxy groups -OCH3 is 1. The number of hydrogen-bond donors (Lipinski definition) is 1. The Morgan fingerprint density at radius 1 is 1.65 bits per heavy atom. The Hall–Kier alpha value is -1.40. The molecule has 112 valence electrons. The number of ether oxygens (including phenoxy) is 2. The summed E-state index contributed by atoms with van der Waals surface area (Å²) >= 11 is 0. The van der Waals surface area contributed by atoms with E-state index in [2.05, 4.69) is 24.1 Å². The summed E-state index contributed by atoms with van der Waals surface area (Å²) in [5, 5.41) is 3.25. The molecule has 2 heterocycles. The number of esters is 1. The fourth-order valence-electron chi connectivity index (χ4n) is 2.45. The molecule has 1 N–H and O–H groups in total. The Bertz CT molecular complexity index is 439. The van der Waals surface area contributed by atoms with E-state index in [-0.39, 0.29) is 18.1 Å². The average molecular weight is 281 g/mol. The third kappa shape index (κ3) is 3.37. The maximum Gasteiger partial charge on any atom is 0.329 e. The summed E-state index contributed by atoms with van der Waals surface area (Å²) in [6.07, 6.45) is 5.75. The predicted molar refractivity (Wildman–Crippen MR) is 74.3 cm³/mol. The number of imidazole rings is 1. The zero-order valence-electron chi connectivity index (χ0n) is 12.3. The van der Waals surface area contributed by atoms with E-state index in [1.54, 1.807) is 12.5 Å². The van der Waals surface area contributed by atoms with Gasteiger partial charge in [0.2, 0.25) is 0 Å². The van der Waals surface area contributed by atoms with Crippen molar-refractivity contribution in [3.8, 4) is 0 Å². The van der Waals surface area contributed by atoms with Crippen molar-refractivity contribution in [1.82, 2.24) is 14.9 Å². The van der Waals surface area contributed by atoms with Crippen LogP contribution in [0.25, 0.3) is 0 Å². The molecule has 1 fully saturated rings. The Kier molecular flexibility index (Phi) is 5.14. The molecule has 1 aromatic heterocycles. The van der Waals surface area contributed by atoms with E-state index in [1.165, 1.54) is 7.11 Å². The maximum atomic E-state index is 12.0. The van der Waals surface area contributed by atoms with Crippen molar-refractivity contribution in [2.75, 3.05) is 20.3 Å². The highest BCUT2D eigenvalue weighted by Gasteiger charge is 2.27. The smallest absolute Gasteiger partial charge is 0.329 e. The lowest BCUT2D eigenvalue weighted by Gasteiger charge is -2.21. The van der Waals surface area contributed by atoms with E-state index in [9.17, 15) is 4.79 Å². The lowest BCUT2D eigenvalue weighted by atomic mass is 10.1. The molecule has 0 bridgehead atoms. The molecule has 2 rings (SSSR count). The number of hydrogen-bond acceptors (Lipinski definition) is 5. The average Bonchev–Trinajstić information content (AvgIpc) is 3.09. The van der Waals surface area contributed by atoms with Crippen LogP contribution in [0.4, 0.5) is 0 Å². The number of carbonyl (C=O) groups is 1. The highest BCUT2D eigenvalue weighted by molar-refractivity contribution is 5.76. The molecular weight excluding hydrogens is 258 g/mol. The normalized spacial score (nSPS) is 20.3. The third-order valence-electron chi connectivity index (χ3n) is 3.56. The van der Waals surface area contributed by atoms with Crippen LogP contribution in [0.3, 0.4) is 0 Å². The highest BCUT2D eigenvalue weighted by Crippen LogP contribution is 2.19. The molecular formula is C14H23N3O3. The molecule has 2 unspecified atom stereocenters. The van der Waals surface area contributed by atoms with Crippen LogP contribution in [-0.2, 0) is 14.3 Å². The molecule has 0 aromatic carbocycles. The fourth-order valence-corrected chi connectivity index (χ4v) is 2.45. The van der Waals surface area contributed by atoms with Crippen molar-refractivity contribution < 1.29 is 14.3 Å². The molecule has 2 atom stereocenters. The summed E-state index contributed by atoms with van der Waals surface area (Å²) in [7, 11) is 1.40. The van der Waals surface area contributed by atoms with Crippen LogP contribution in [0, 0.1) is 0 Å². The zero-order valence-corrected chi connectivity index (χ0v) is 12.3. The van der Waals surface area contributed by atoms with Crippen LogP contribution in [0.2, 0.25) is 0 Å². The lowest BCUT2D eigenvalue weighted by Crippen LogP contribution is -2.36. The Morgan fingerprint density at radius 2 is 2.45 bits per heavy atom. The molecule has 0 spiro atoms. The van der Waals surface area contributed by atoms with Crippen LogP contribution in [-0.4, -0.2) is 41.9 Å². The van der Waals surface area contributed by atoms with Gasteiger partial charge in [-0.15, -0.1) is 0 Å². The Morgan fingerprint density at radius 3 is 3.05 bits per heavy atom. The number of rotatable bonds is 6. The van der Waals surface area contributed by atoms with Crippen LogP contribution in [0.5, 0.6) is 0 Å². The van der Waals surface area contributed by atoms with Crippen molar-refractivity contribution in [3.63, 3.8) is 0 Å². The number of aromatic nitrogens is 2. The second-order valence-corrected chi connectivity index (χ2v) is 5.32. The van der Waals surface area contributed by atoms with E-state index in [0.29, 0.717) is 6.54 Å². The molecule has 0 aliphatic carbocycles. The van der Waals surface area contributed by atoms with Crippen molar-refractivity contribution in [3.05, 3.63) is 18.2 Å². The molecule has 20 heavy (non-hydrogen) atoms. The quantitative estimate of drug-likeness (QED) is 0.799. The first-order valence-corrected chi connectivity index (χ1v) is 7.08. The summed E-state index contributed by atoms with van der Waals surface area (Å²) < 4.78 is 12.5. The van der Waals surface area contributed by atoms with Gasteiger partial charge in [-0.2, -0.15) is 0 Å². The Balaban J connectivity index is 2.09. The van der Waals surface area contributed by atoms with Gasteiger partial charge in [0, 0.05) is 19.2 Å².